The zero-order valence-corrected chi connectivity index (χ0v) is 14.8. The molecule has 0 radical (unpaired) electrons. The number of ether oxygens (including phenoxy) is 1. The maximum Gasteiger partial charge on any atom is 0.265 e. The van der Waals surface area contributed by atoms with Gasteiger partial charge in [0.15, 0.2) is 0 Å². The van der Waals surface area contributed by atoms with Crippen molar-refractivity contribution in [2.45, 2.75) is 11.8 Å². The van der Waals surface area contributed by atoms with Crippen molar-refractivity contribution in [1.82, 2.24) is 4.90 Å². The van der Waals surface area contributed by atoms with Crippen molar-refractivity contribution in [2.24, 2.45) is 0 Å². The van der Waals surface area contributed by atoms with Crippen molar-refractivity contribution in [3.63, 3.8) is 0 Å². The molecular formula is C17H20N2O4S. The second-order valence-corrected chi connectivity index (χ2v) is 7.19. The lowest BCUT2D eigenvalue weighted by molar-refractivity contribution is 0.0827. The standard InChI is InChI=1S/C17H20N2O4S/c1-12-5-8-14(9-6-12)18-24(21,22)16-11-13(17(20)19(2)3)7-10-15(16)23-4/h5-11,18H,1-4H3. The average molecular weight is 348 g/mol. The maximum atomic E-state index is 12.7. The minimum Gasteiger partial charge on any atom is -0.495 e. The van der Waals surface area contributed by atoms with Crippen LogP contribution in [0.25, 0.3) is 0 Å². The third-order valence-electron chi connectivity index (χ3n) is 3.41. The Bertz CT molecular complexity index is 843. The quantitative estimate of drug-likeness (QED) is 0.901. The van der Waals surface area contributed by atoms with Gasteiger partial charge in [-0.05, 0) is 37.3 Å². The number of benzene rings is 2. The summed E-state index contributed by atoms with van der Waals surface area (Å²) in [6, 6.07) is 11.3. The van der Waals surface area contributed by atoms with E-state index in [1.165, 1.54) is 30.2 Å². The molecule has 24 heavy (non-hydrogen) atoms. The minimum absolute atomic E-state index is 0.0849. The largest absolute Gasteiger partial charge is 0.495 e. The molecule has 2 aromatic carbocycles. The summed E-state index contributed by atoms with van der Waals surface area (Å²) in [5.74, 6) is -0.116. The maximum absolute atomic E-state index is 12.7. The lowest BCUT2D eigenvalue weighted by Crippen LogP contribution is -2.22. The Morgan fingerprint density at radius 1 is 1.08 bits per heavy atom. The van der Waals surface area contributed by atoms with E-state index in [2.05, 4.69) is 4.72 Å². The van der Waals surface area contributed by atoms with E-state index in [1.54, 1.807) is 38.4 Å². The van der Waals surface area contributed by atoms with Crippen molar-refractivity contribution < 1.29 is 17.9 Å². The molecule has 0 aliphatic rings. The number of rotatable bonds is 5. The summed E-state index contributed by atoms with van der Waals surface area (Å²) in [6.45, 7) is 1.91. The van der Waals surface area contributed by atoms with Gasteiger partial charge in [-0.1, -0.05) is 17.7 Å². The van der Waals surface area contributed by atoms with Crippen molar-refractivity contribution in [1.29, 1.82) is 0 Å². The highest BCUT2D eigenvalue weighted by Gasteiger charge is 2.22. The number of carbonyl (C=O) groups is 1. The van der Waals surface area contributed by atoms with Gasteiger partial charge in [-0.3, -0.25) is 9.52 Å². The molecular weight excluding hydrogens is 328 g/mol. The Morgan fingerprint density at radius 3 is 2.25 bits per heavy atom. The lowest BCUT2D eigenvalue weighted by atomic mass is 10.2. The van der Waals surface area contributed by atoms with Gasteiger partial charge in [0.05, 0.1) is 7.11 Å². The molecule has 2 rings (SSSR count). The van der Waals surface area contributed by atoms with Crippen LogP contribution in [0.2, 0.25) is 0 Å². The smallest absolute Gasteiger partial charge is 0.265 e. The molecule has 0 spiro atoms. The van der Waals surface area contributed by atoms with Crippen LogP contribution < -0.4 is 9.46 Å². The van der Waals surface area contributed by atoms with Gasteiger partial charge in [-0.15, -0.1) is 0 Å². The number of carbonyl (C=O) groups excluding carboxylic acids is 1. The number of amides is 1. The molecule has 0 heterocycles. The summed E-state index contributed by atoms with van der Waals surface area (Å²) in [5, 5.41) is 0. The van der Waals surface area contributed by atoms with Crippen molar-refractivity contribution in [3.05, 3.63) is 53.6 Å². The van der Waals surface area contributed by atoms with E-state index in [4.69, 9.17) is 4.74 Å². The first kappa shape index (κ1) is 17.8. The van der Waals surface area contributed by atoms with Gasteiger partial charge in [-0.25, -0.2) is 8.42 Å². The van der Waals surface area contributed by atoms with Crippen molar-refractivity contribution >= 4 is 21.6 Å². The van der Waals surface area contributed by atoms with Gasteiger partial charge in [0, 0.05) is 25.3 Å². The lowest BCUT2D eigenvalue weighted by Gasteiger charge is -2.15. The summed E-state index contributed by atoms with van der Waals surface area (Å²) in [7, 11) is 0.691. The fourth-order valence-corrected chi connectivity index (χ4v) is 3.36. The topological polar surface area (TPSA) is 75.7 Å². The molecule has 0 saturated carbocycles. The summed E-state index contributed by atoms with van der Waals surface area (Å²) in [5.41, 5.74) is 1.73. The number of sulfonamides is 1. The normalized spacial score (nSPS) is 11.0. The van der Waals surface area contributed by atoms with Crippen LogP contribution in [-0.2, 0) is 10.0 Å². The second-order valence-electron chi connectivity index (χ2n) is 5.54. The number of nitrogens with one attached hydrogen (secondary N) is 1. The molecule has 0 aliphatic heterocycles. The number of anilines is 1. The van der Waals surface area contributed by atoms with E-state index in [0.717, 1.165) is 5.56 Å². The van der Waals surface area contributed by atoms with E-state index in [1.807, 2.05) is 6.92 Å². The molecule has 0 fully saturated rings. The Balaban J connectivity index is 2.45. The first-order valence-electron chi connectivity index (χ1n) is 7.24. The Hall–Kier alpha value is -2.54. The van der Waals surface area contributed by atoms with Gasteiger partial charge in [0.2, 0.25) is 0 Å². The molecule has 0 saturated heterocycles. The van der Waals surface area contributed by atoms with E-state index in [9.17, 15) is 13.2 Å². The first-order valence-corrected chi connectivity index (χ1v) is 8.72. The van der Waals surface area contributed by atoms with Gasteiger partial charge >= 0.3 is 0 Å². The predicted octanol–water partition coefficient (Wildman–Crippen LogP) is 2.51. The zero-order chi connectivity index (χ0) is 17.9. The molecule has 0 unspecified atom stereocenters. The van der Waals surface area contributed by atoms with Crippen molar-refractivity contribution in [3.8, 4) is 5.75 Å². The third kappa shape index (κ3) is 3.86. The van der Waals surface area contributed by atoms with Gasteiger partial charge < -0.3 is 9.64 Å². The Labute approximate surface area is 142 Å². The van der Waals surface area contributed by atoms with Crippen LogP contribution in [0.5, 0.6) is 5.75 Å². The first-order chi connectivity index (χ1) is 11.2. The molecule has 6 nitrogen and oxygen atoms in total. The highest BCUT2D eigenvalue weighted by Crippen LogP contribution is 2.27. The molecule has 0 bridgehead atoms. The zero-order valence-electron chi connectivity index (χ0n) is 14.0. The summed E-state index contributed by atoms with van der Waals surface area (Å²) in [6.07, 6.45) is 0. The SMILES string of the molecule is COc1ccc(C(=O)N(C)C)cc1S(=O)(=O)Nc1ccc(C)cc1. The molecule has 128 valence electrons. The van der Waals surface area contributed by atoms with Gasteiger partial charge in [-0.2, -0.15) is 0 Å². The van der Waals surface area contributed by atoms with Crippen LogP contribution in [0.1, 0.15) is 15.9 Å². The molecule has 0 aliphatic carbocycles. The van der Waals surface area contributed by atoms with Crippen LogP contribution in [-0.4, -0.2) is 40.4 Å². The number of methoxy groups -OCH3 is 1. The molecule has 1 N–H and O–H groups in total. The van der Waals surface area contributed by atoms with E-state index in [-0.39, 0.29) is 22.1 Å². The van der Waals surface area contributed by atoms with Crippen LogP contribution >= 0.6 is 0 Å². The molecule has 1 amide bonds. The monoisotopic (exact) mass is 348 g/mol. The third-order valence-corrected chi connectivity index (χ3v) is 4.81. The van der Waals surface area contributed by atoms with Gasteiger partial charge in [0.1, 0.15) is 10.6 Å². The van der Waals surface area contributed by atoms with E-state index < -0.39 is 10.0 Å². The molecule has 0 aromatic heterocycles. The number of nitrogens with zero attached hydrogens (tertiary/aromatic N) is 1. The highest BCUT2D eigenvalue weighted by molar-refractivity contribution is 7.92. The summed E-state index contributed by atoms with van der Waals surface area (Å²) in [4.78, 5) is 13.4. The molecule has 2 aromatic rings. The Kier molecular flexibility index (Phi) is 5.14. The fraction of sp³-hybridized carbons (Fsp3) is 0.235. The average Bonchev–Trinajstić information content (AvgIpc) is 2.55. The van der Waals surface area contributed by atoms with E-state index >= 15 is 0 Å². The van der Waals surface area contributed by atoms with Crippen molar-refractivity contribution in [2.75, 3.05) is 25.9 Å². The molecule has 7 heteroatoms. The summed E-state index contributed by atoms with van der Waals surface area (Å²) < 4.78 is 33.0. The Morgan fingerprint density at radius 2 is 1.71 bits per heavy atom. The van der Waals surface area contributed by atoms with Crippen LogP contribution in [0.15, 0.2) is 47.4 Å². The van der Waals surface area contributed by atoms with E-state index in [0.29, 0.717) is 5.69 Å². The number of hydrogen-bond acceptors (Lipinski definition) is 4. The van der Waals surface area contributed by atoms with Crippen LogP contribution in [0.3, 0.4) is 0 Å². The van der Waals surface area contributed by atoms with Crippen LogP contribution in [0.4, 0.5) is 5.69 Å². The predicted molar refractivity (Wildman–Crippen MR) is 93.0 cm³/mol. The summed E-state index contributed by atoms with van der Waals surface area (Å²) >= 11 is 0. The van der Waals surface area contributed by atoms with Gasteiger partial charge in [0.25, 0.3) is 15.9 Å². The fourth-order valence-electron chi connectivity index (χ4n) is 2.11. The number of hydrogen-bond donors (Lipinski definition) is 1. The number of aryl methyl sites for hydroxylation is 1. The highest BCUT2D eigenvalue weighted by atomic mass is 32.2. The second kappa shape index (κ2) is 6.92. The molecule has 0 atom stereocenters. The minimum atomic E-state index is -3.90. The van der Waals surface area contributed by atoms with Crippen LogP contribution in [0, 0.1) is 6.92 Å².